The van der Waals surface area contributed by atoms with Gasteiger partial charge in [0.25, 0.3) is 0 Å². The van der Waals surface area contributed by atoms with Crippen LogP contribution in [0.1, 0.15) is 20.3 Å². The van der Waals surface area contributed by atoms with Gasteiger partial charge in [0.2, 0.25) is 0 Å². The van der Waals surface area contributed by atoms with E-state index in [1.807, 2.05) is 0 Å². The van der Waals surface area contributed by atoms with Crippen LogP contribution >= 0.6 is 23.2 Å². The third-order valence-electron chi connectivity index (χ3n) is 0.896. The van der Waals surface area contributed by atoms with Gasteiger partial charge in [-0.15, -0.1) is 23.2 Å². The van der Waals surface area contributed by atoms with E-state index in [4.69, 9.17) is 23.2 Å². The zero-order chi connectivity index (χ0) is 7.49. The van der Waals surface area contributed by atoms with E-state index >= 15 is 0 Å². The minimum atomic E-state index is -0.548. The minimum absolute atomic E-state index is 0.0770. The first-order valence-electron chi connectivity index (χ1n) is 2.72. The SMILES string of the molecule is CC(=O)CC(C)(Cl)CCl. The molecule has 0 aromatic carbocycles. The summed E-state index contributed by atoms with van der Waals surface area (Å²) in [5, 5.41) is 0. The zero-order valence-corrected chi connectivity index (χ0v) is 7.09. The molecule has 0 spiro atoms. The molecule has 0 bridgehead atoms. The normalized spacial score (nSPS) is 16.9. The maximum Gasteiger partial charge on any atom is 0.131 e. The molecule has 0 rings (SSSR count). The first-order chi connectivity index (χ1) is 3.98. The number of carbonyl (C=O) groups excluding carboxylic acids is 1. The molecule has 0 N–H and O–H groups in total. The summed E-state index contributed by atoms with van der Waals surface area (Å²) in [6.07, 6.45) is 0.345. The van der Waals surface area contributed by atoms with E-state index in [9.17, 15) is 4.79 Å². The van der Waals surface area contributed by atoms with Crippen LogP contribution in [0, 0.1) is 0 Å². The summed E-state index contributed by atoms with van der Waals surface area (Å²) < 4.78 is 0. The van der Waals surface area contributed by atoms with Gasteiger partial charge in [0.1, 0.15) is 5.78 Å². The number of hydrogen-bond donors (Lipinski definition) is 0. The third kappa shape index (κ3) is 4.73. The van der Waals surface area contributed by atoms with E-state index in [0.29, 0.717) is 12.3 Å². The van der Waals surface area contributed by atoms with Crippen LogP contribution < -0.4 is 0 Å². The number of carbonyl (C=O) groups is 1. The fourth-order valence-corrected chi connectivity index (χ4v) is 0.849. The largest absolute Gasteiger partial charge is 0.300 e. The van der Waals surface area contributed by atoms with Gasteiger partial charge in [-0.05, 0) is 13.8 Å². The van der Waals surface area contributed by atoms with Crippen LogP contribution in [-0.4, -0.2) is 16.5 Å². The van der Waals surface area contributed by atoms with Crippen molar-refractivity contribution < 1.29 is 4.79 Å². The highest BCUT2D eigenvalue weighted by Crippen LogP contribution is 2.20. The van der Waals surface area contributed by atoms with Crippen molar-refractivity contribution in [3.63, 3.8) is 0 Å². The molecule has 0 aromatic heterocycles. The highest BCUT2D eigenvalue weighted by atomic mass is 35.5. The Morgan fingerprint density at radius 3 is 2.22 bits per heavy atom. The molecule has 54 valence electrons. The summed E-state index contributed by atoms with van der Waals surface area (Å²) >= 11 is 11.2. The lowest BCUT2D eigenvalue weighted by Gasteiger charge is -2.15. The van der Waals surface area contributed by atoms with Crippen LogP contribution in [0.25, 0.3) is 0 Å². The lowest BCUT2D eigenvalue weighted by molar-refractivity contribution is -0.117. The monoisotopic (exact) mass is 168 g/mol. The van der Waals surface area contributed by atoms with Gasteiger partial charge < -0.3 is 0 Å². The van der Waals surface area contributed by atoms with Gasteiger partial charge in [0, 0.05) is 12.3 Å². The highest BCUT2D eigenvalue weighted by molar-refractivity contribution is 6.31. The van der Waals surface area contributed by atoms with Crippen molar-refractivity contribution in [3.05, 3.63) is 0 Å². The molecule has 0 heterocycles. The van der Waals surface area contributed by atoms with Crippen LogP contribution in [0.15, 0.2) is 0 Å². The first-order valence-corrected chi connectivity index (χ1v) is 3.63. The molecule has 1 nitrogen and oxygen atoms in total. The second-order valence-electron chi connectivity index (χ2n) is 2.43. The zero-order valence-electron chi connectivity index (χ0n) is 5.58. The van der Waals surface area contributed by atoms with Crippen molar-refractivity contribution in [1.29, 1.82) is 0 Å². The standard InChI is InChI=1S/C6H10Cl2O/c1-5(9)3-6(2,8)4-7/h3-4H2,1-2H3. The van der Waals surface area contributed by atoms with E-state index in [-0.39, 0.29) is 5.78 Å². The number of hydrogen-bond acceptors (Lipinski definition) is 1. The van der Waals surface area contributed by atoms with Gasteiger partial charge >= 0.3 is 0 Å². The summed E-state index contributed by atoms with van der Waals surface area (Å²) in [4.78, 5) is 9.93. The molecule has 0 aliphatic rings. The van der Waals surface area contributed by atoms with Gasteiger partial charge in [-0.3, -0.25) is 4.79 Å². The van der Waals surface area contributed by atoms with E-state index in [1.165, 1.54) is 6.92 Å². The Morgan fingerprint density at radius 2 is 2.11 bits per heavy atom. The second kappa shape index (κ2) is 3.43. The van der Waals surface area contributed by atoms with Crippen molar-refractivity contribution in [2.24, 2.45) is 0 Å². The molecule has 0 saturated carbocycles. The Balaban J connectivity index is 3.71. The summed E-state index contributed by atoms with van der Waals surface area (Å²) in [6, 6.07) is 0. The van der Waals surface area contributed by atoms with Crippen molar-refractivity contribution in [2.45, 2.75) is 25.1 Å². The number of rotatable bonds is 3. The summed E-state index contributed by atoms with van der Waals surface area (Å²) in [5.74, 6) is 0.391. The molecule has 0 aliphatic heterocycles. The predicted octanol–water partition coefficient (Wildman–Crippen LogP) is 2.20. The smallest absolute Gasteiger partial charge is 0.131 e. The molecule has 3 heteroatoms. The van der Waals surface area contributed by atoms with Crippen LogP contribution in [0.5, 0.6) is 0 Å². The maximum absolute atomic E-state index is 10.5. The average molecular weight is 169 g/mol. The van der Waals surface area contributed by atoms with Gasteiger partial charge in [0.15, 0.2) is 0 Å². The van der Waals surface area contributed by atoms with Crippen LogP contribution in [0.3, 0.4) is 0 Å². The topological polar surface area (TPSA) is 17.1 Å². The Morgan fingerprint density at radius 1 is 1.67 bits per heavy atom. The molecule has 1 atom stereocenters. The summed E-state index contributed by atoms with van der Waals surface area (Å²) in [6.45, 7) is 3.26. The van der Waals surface area contributed by atoms with E-state index in [1.54, 1.807) is 6.92 Å². The quantitative estimate of drug-likeness (QED) is 0.592. The van der Waals surface area contributed by atoms with Crippen LogP contribution in [-0.2, 0) is 4.79 Å². The average Bonchev–Trinajstić information content (AvgIpc) is 1.63. The molecule has 0 amide bonds. The number of Topliss-reactive ketones (excluding diaryl/α,β-unsaturated/α-hetero) is 1. The fourth-order valence-electron chi connectivity index (χ4n) is 0.566. The van der Waals surface area contributed by atoms with E-state index in [0.717, 1.165) is 0 Å². The van der Waals surface area contributed by atoms with Gasteiger partial charge in [-0.2, -0.15) is 0 Å². The Labute approximate surface area is 65.3 Å². The molecule has 0 aromatic rings. The van der Waals surface area contributed by atoms with Crippen LogP contribution in [0.2, 0.25) is 0 Å². The third-order valence-corrected chi connectivity index (χ3v) is 1.89. The van der Waals surface area contributed by atoms with Gasteiger partial charge in [0.05, 0.1) is 4.87 Å². The Hall–Kier alpha value is 0.250. The van der Waals surface area contributed by atoms with Crippen molar-refractivity contribution >= 4 is 29.0 Å². The molecule has 0 aliphatic carbocycles. The Bertz CT molecular complexity index is 110. The molecule has 0 fully saturated rings. The van der Waals surface area contributed by atoms with Crippen molar-refractivity contribution in [2.75, 3.05) is 5.88 Å². The predicted molar refractivity (Wildman–Crippen MR) is 40.3 cm³/mol. The fraction of sp³-hybridized carbons (Fsp3) is 0.833. The molecule has 0 saturated heterocycles. The summed E-state index contributed by atoms with van der Waals surface area (Å²) in [5.41, 5.74) is 0. The lowest BCUT2D eigenvalue weighted by Crippen LogP contribution is -2.21. The molecule has 1 unspecified atom stereocenters. The van der Waals surface area contributed by atoms with Crippen molar-refractivity contribution in [3.8, 4) is 0 Å². The van der Waals surface area contributed by atoms with Gasteiger partial charge in [-0.1, -0.05) is 0 Å². The Kier molecular flexibility index (Phi) is 3.52. The van der Waals surface area contributed by atoms with E-state index < -0.39 is 4.87 Å². The number of alkyl halides is 2. The second-order valence-corrected chi connectivity index (χ2v) is 3.61. The maximum atomic E-state index is 10.5. The first kappa shape index (κ1) is 9.25. The molecule has 9 heavy (non-hydrogen) atoms. The number of ketones is 1. The number of halogens is 2. The highest BCUT2D eigenvalue weighted by Gasteiger charge is 2.20. The summed E-state index contributed by atoms with van der Waals surface area (Å²) in [7, 11) is 0. The minimum Gasteiger partial charge on any atom is -0.300 e. The van der Waals surface area contributed by atoms with Crippen LogP contribution in [0.4, 0.5) is 0 Å². The van der Waals surface area contributed by atoms with Crippen molar-refractivity contribution in [1.82, 2.24) is 0 Å². The molecule has 0 radical (unpaired) electrons. The van der Waals surface area contributed by atoms with Gasteiger partial charge in [-0.25, -0.2) is 0 Å². The van der Waals surface area contributed by atoms with E-state index in [2.05, 4.69) is 0 Å². The lowest BCUT2D eigenvalue weighted by atomic mass is 10.1. The molecular weight excluding hydrogens is 159 g/mol. The molecular formula is C6H10Cl2O.